The molecule has 0 spiro atoms. The van der Waals surface area contributed by atoms with Gasteiger partial charge in [0.05, 0.1) is 25.2 Å². The van der Waals surface area contributed by atoms with Crippen molar-refractivity contribution in [3.8, 4) is 17.2 Å². The lowest BCUT2D eigenvalue weighted by molar-refractivity contribution is -0.386. The van der Waals surface area contributed by atoms with E-state index in [1.165, 1.54) is 26.4 Å². The van der Waals surface area contributed by atoms with Crippen molar-refractivity contribution in [1.29, 1.82) is 0 Å². The average Bonchev–Trinajstić information content (AvgIpc) is 2.97. The molecule has 1 atom stereocenters. The van der Waals surface area contributed by atoms with E-state index in [4.69, 9.17) is 14.2 Å². The third-order valence-corrected chi connectivity index (χ3v) is 3.26. The van der Waals surface area contributed by atoms with Crippen LogP contribution in [0.2, 0.25) is 0 Å². The molecule has 0 aromatic heterocycles. The van der Waals surface area contributed by atoms with Crippen LogP contribution in [0.5, 0.6) is 17.2 Å². The minimum absolute atomic E-state index is 0.124. The van der Waals surface area contributed by atoms with Crippen LogP contribution in [-0.2, 0) is 0 Å². The number of ether oxygens (including phenoxy) is 3. The molecule has 1 heterocycles. The van der Waals surface area contributed by atoms with E-state index in [0.29, 0.717) is 18.1 Å². The molecule has 20 heavy (non-hydrogen) atoms. The number of hydrogen-bond donors (Lipinski definition) is 1. The summed E-state index contributed by atoms with van der Waals surface area (Å²) in [5.74, 6) is 0.916. The summed E-state index contributed by atoms with van der Waals surface area (Å²) in [6, 6.07) is 3.05. The van der Waals surface area contributed by atoms with Gasteiger partial charge in [0.1, 0.15) is 6.61 Å². The Hall–Kier alpha value is -2.02. The zero-order chi connectivity index (χ0) is 14.5. The Morgan fingerprint density at radius 1 is 1.30 bits per heavy atom. The topological polar surface area (TPSA) is 82.9 Å². The van der Waals surface area contributed by atoms with Gasteiger partial charge in [-0.05, 0) is 19.4 Å². The minimum atomic E-state index is -0.487. The highest BCUT2D eigenvalue weighted by atomic mass is 16.6. The average molecular weight is 282 g/mol. The highest BCUT2D eigenvalue weighted by Gasteiger charge is 2.22. The van der Waals surface area contributed by atoms with Gasteiger partial charge in [-0.1, -0.05) is 0 Å². The summed E-state index contributed by atoms with van der Waals surface area (Å²) in [5.41, 5.74) is -0.124. The summed E-state index contributed by atoms with van der Waals surface area (Å²) in [4.78, 5) is 10.6. The van der Waals surface area contributed by atoms with Gasteiger partial charge >= 0.3 is 5.69 Å². The van der Waals surface area contributed by atoms with Gasteiger partial charge in [-0.2, -0.15) is 0 Å². The maximum absolute atomic E-state index is 11.1. The van der Waals surface area contributed by atoms with Crippen molar-refractivity contribution in [1.82, 2.24) is 5.32 Å². The van der Waals surface area contributed by atoms with Crippen LogP contribution in [0.3, 0.4) is 0 Å². The molecule has 1 fully saturated rings. The molecule has 1 unspecified atom stereocenters. The standard InChI is InChI=1S/C13H18N2O5/c1-18-12-6-10(15(16)17)11(7-13(12)19-2)20-8-9-4-3-5-14-9/h6-7,9,14H,3-5,8H2,1-2H3. The Morgan fingerprint density at radius 3 is 2.55 bits per heavy atom. The smallest absolute Gasteiger partial charge is 0.314 e. The number of nitro groups is 1. The Kier molecular flexibility index (Phi) is 4.62. The highest BCUT2D eigenvalue weighted by Crippen LogP contribution is 2.39. The molecule has 1 saturated heterocycles. The highest BCUT2D eigenvalue weighted by molar-refractivity contribution is 5.58. The Morgan fingerprint density at radius 2 is 2.00 bits per heavy atom. The Balaban J connectivity index is 2.21. The molecule has 1 aliphatic heterocycles. The van der Waals surface area contributed by atoms with Crippen molar-refractivity contribution in [2.75, 3.05) is 27.4 Å². The number of nitro benzene ring substituents is 1. The van der Waals surface area contributed by atoms with E-state index in [2.05, 4.69) is 5.32 Å². The lowest BCUT2D eigenvalue weighted by Crippen LogP contribution is -2.28. The van der Waals surface area contributed by atoms with Gasteiger partial charge in [0, 0.05) is 12.1 Å². The molecule has 1 N–H and O–H groups in total. The maximum atomic E-state index is 11.1. The molecule has 0 bridgehead atoms. The van der Waals surface area contributed by atoms with Gasteiger partial charge in [-0.15, -0.1) is 0 Å². The molecule has 0 amide bonds. The van der Waals surface area contributed by atoms with Gasteiger partial charge in [-0.3, -0.25) is 10.1 Å². The second-order valence-corrected chi connectivity index (χ2v) is 4.54. The number of hydrogen-bond acceptors (Lipinski definition) is 6. The van der Waals surface area contributed by atoms with Crippen LogP contribution in [-0.4, -0.2) is 38.3 Å². The number of nitrogens with zero attached hydrogens (tertiary/aromatic N) is 1. The van der Waals surface area contributed by atoms with Gasteiger partial charge in [0.2, 0.25) is 5.75 Å². The Bertz CT molecular complexity index is 486. The van der Waals surface area contributed by atoms with E-state index in [1.807, 2.05) is 0 Å². The first-order chi connectivity index (χ1) is 9.65. The minimum Gasteiger partial charge on any atom is -0.493 e. The van der Waals surface area contributed by atoms with Crippen LogP contribution in [0.15, 0.2) is 12.1 Å². The van der Waals surface area contributed by atoms with Crippen molar-refractivity contribution in [2.45, 2.75) is 18.9 Å². The third kappa shape index (κ3) is 3.11. The van der Waals surface area contributed by atoms with Crippen molar-refractivity contribution in [3.05, 3.63) is 22.2 Å². The summed E-state index contributed by atoms with van der Waals surface area (Å²) < 4.78 is 15.8. The van der Waals surface area contributed by atoms with Crippen LogP contribution in [0.4, 0.5) is 5.69 Å². The normalized spacial score (nSPS) is 17.8. The molecule has 0 radical (unpaired) electrons. The molecular formula is C13H18N2O5. The number of benzene rings is 1. The molecule has 7 nitrogen and oxygen atoms in total. The molecule has 1 aliphatic rings. The largest absolute Gasteiger partial charge is 0.493 e. The van der Waals surface area contributed by atoms with Crippen molar-refractivity contribution in [3.63, 3.8) is 0 Å². The zero-order valence-corrected chi connectivity index (χ0v) is 11.5. The molecule has 1 aromatic carbocycles. The van der Waals surface area contributed by atoms with Gasteiger partial charge < -0.3 is 19.5 Å². The number of nitrogens with one attached hydrogen (secondary N) is 1. The molecular weight excluding hydrogens is 264 g/mol. The van der Waals surface area contributed by atoms with E-state index < -0.39 is 4.92 Å². The summed E-state index contributed by atoms with van der Waals surface area (Å²) in [6.45, 7) is 1.36. The number of methoxy groups -OCH3 is 2. The first-order valence-electron chi connectivity index (χ1n) is 6.42. The first-order valence-corrected chi connectivity index (χ1v) is 6.42. The fourth-order valence-electron chi connectivity index (χ4n) is 2.20. The van der Waals surface area contributed by atoms with E-state index in [1.54, 1.807) is 0 Å². The van der Waals surface area contributed by atoms with Crippen molar-refractivity contribution < 1.29 is 19.1 Å². The SMILES string of the molecule is COc1cc(OCC2CCCN2)c([N+](=O)[O-])cc1OC. The predicted octanol–water partition coefficient (Wildman–Crippen LogP) is 1.74. The molecule has 110 valence electrons. The predicted molar refractivity (Wildman–Crippen MR) is 72.7 cm³/mol. The van der Waals surface area contributed by atoms with Crippen molar-refractivity contribution in [2.24, 2.45) is 0 Å². The van der Waals surface area contributed by atoms with Crippen LogP contribution in [0.25, 0.3) is 0 Å². The monoisotopic (exact) mass is 282 g/mol. The second kappa shape index (κ2) is 6.42. The molecule has 2 rings (SSSR count). The summed E-state index contributed by atoms with van der Waals surface area (Å²) >= 11 is 0. The lowest BCUT2D eigenvalue weighted by atomic mass is 10.2. The summed E-state index contributed by atoms with van der Waals surface area (Å²) in [6.07, 6.45) is 2.11. The molecule has 0 saturated carbocycles. The van der Waals surface area contributed by atoms with E-state index in [-0.39, 0.29) is 17.5 Å². The maximum Gasteiger partial charge on any atom is 0.314 e. The van der Waals surface area contributed by atoms with E-state index in [9.17, 15) is 10.1 Å². The summed E-state index contributed by atoms with van der Waals surface area (Å²) in [5, 5.41) is 14.4. The fourth-order valence-corrected chi connectivity index (χ4v) is 2.20. The lowest BCUT2D eigenvalue weighted by Gasteiger charge is -2.14. The van der Waals surface area contributed by atoms with Crippen molar-refractivity contribution >= 4 is 5.69 Å². The fraction of sp³-hybridized carbons (Fsp3) is 0.538. The van der Waals surface area contributed by atoms with Gasteiger partial charge in [0.25, 0.3) is 0 Å². The van der Waals surface area contributed by atoms with Crippen LogP contribution < -0.4 is 19.5 Å². The van der Waals surface area contributed by atoms with Gasteiger partial charge in [0.15, 0.2) is 11.5 Å². The zero-order valence-electron chi connectivity index (χ0n) is 11.5. The summed E-state index contributed by atoms with van der Waals surface area (Å²) in [7, 11) is 2.91. The third-order valence-electron chi connectivity index (χ3n) is 3.26. The van der Waals surface area contributed by atoms with Gasteiger partial charge in [-0.25, -0.2) is 0 Å². The van der Waals surface area contributed by atoms with E-state index >= 15 is 0 Å². The number of rotatable bonds is 6. The van der Waals surface area contributed by atoms with Crippen LogP contribution in [0.1, 0.15) is 12.8 Å². The second-order valence-electron chi connectivity index (χ2n) is 4.54. The molecule has 7 heteroatoms. The molecule has 1 aromatic rings. The first kappa shape index (κ1) is 14.4. The molecule has 0 aliphatic carbocycles. The Labute approximate surface area is 117 Å². The quantitative estimate of drug-likeness (QED) is 0.632. The van der Waals surface area contributed by atoms with E-state index in [0.717, 1.165) is 19.4 Å². The van der Waals surface area contributed by atoms with Crippen LogP contribution in [0, 0.1) is 10.1 Å². The van der Waals surface area contributed by atoms with Crippen LogP contribution >= 0.6 is 0 Å².